The van der Waals surface area contributed by atoms with E-state index in [-0.39, 0.29) is 5.91 Å². The van der Waals surface area contributed by atoms with E-state index >= 15 is 0 Å². The van der Waals surface area contributed by atoms with Gasteiger partial charge in [-0.3, -0.25) is 14.7 Å². The summed E-state index contributed by atoms with van der Waals surface area (Å²) in [6.45, 7) is 8.64. The highest BCUT2D eigenvalue weighted by Gasteiger charge is 2.22. The number of carbonyl (C=O) groups excluding carboxylic acids is 1. The second-order valence-corrected chi connectivity index (χ2v) is 8.54. The van der Waals surface area contributed by atoms with E-state index in [9.17, 15) is 4.79 Å². The van der Waals surface area contributed by atoms with Crippen LogP contribution in [0.4, 0.5) is 5.13 Å². The predicted octanol–water partition coefficient (Wildman–Crippen LogP) is 5.77. The van der Waals surface area contributed by atoms with Crippen molar-refractivity contribution in [3.05, 3.63) is 88.2 Å². The number of hydrogen-bond donors (Lipinski definition) is 0. The molecule has 0 fully saturated rings. The van der Waals surface area contributed by atoms with Gasteiger partial charge in [0, 0.05) is 18.0 Å². The minimum absolute atomic E-state index is 0.0480. The maximum atomic E-state index is 13.5. The van der Waals surface area contributed by atoms with Gasteiger partial charge in [-0.15, -0.1) is 0 Å². The van der Waals surface area contributed by atoms with Crippen LogP contribution in [0.3, 0.4) is 0 Å². The van der Waals surface area contributed by atoms with Gasteiger partial charge in [0.2, 0.25) is 0 Å². The molecule has 2 heterocycles. The van der Waals surface area contributed by atoms with Gasteiger partial charge in [0.25, 0.3) is 5.91 Å². The molecule has 146 valence electrons. The molecule has 4 nitrogen and oxygen atoms in total. The molecule has 5 heteroatoms. The van der Waals surface area contributed by atoms with Crippen molar-refractivity contribution in [3.63, 3.8) is 0 Å². The number of nitrogens with zero attached hydrogens (tertiary/aromatic N) is 3. The molecule has 0 saturated heterocycles. The molecule has 0 N–H and O–H groups in total. The summed E-state index contributed by atoms with van der Waals surface area (Å²) in [6, 6.07) is 14.1. The summed E-state index contributed by atoms with van der Waals surface area (Å²) in [5.41, 5.74) is 7.16. The van der Waals surface area contributed by atoms with Crippen molar-refractivity contribution in [3.8, 4) is 0 Å². The van der Waals surface area contributed by atoms with Crippen molar-refractivity contribution < 1.29 is 4.79 Å². The Morgan fingerprint density at radius 2 is 1.72 bits per heavy atom. The lowest BCUT2D eigenvalue weighted by molar-refractivity contribution is 0.0985. The summed E-state index contributed by atoms with van der Waals surface area (Å²) in [5, 5.41) is 0.706. The third kappa shape index (κ3) is 4.05. The third-order valence-corrected chi connectivity index (χ3v) is 6.04. The van der Waals surface area contributed by atoms with Crippen LogP contribution >= 0.6 is 11.3 Å². The van der Waals surface area contributed by atoms with Crippen LogP contribution < -0.4 is 4.90 Å². The van der Waals surface area contributed by atoms with Crippen molar-refractivity contribution in [1.29, 1.82) is 0 Å². The van der Waals surface area contributed by atoms with Crippen LogP contribution in [-0.4, -0.2) is 15.9 Å². The van der Waals surface area contributed by atoms with Gasteiger partial charge in [-0.05, 0) is 74.7 Å². The van der Waals surface area contributed by atoms with Crippen LogP contribution in [0.2, 0.25) is 0 Å². The van der Waals surface area contributed by atoms with Crippen molar-refractivity contribution in [2.75, 3.05) is 4.90 Å². The van der Waals surface area contributed by atoms with E-state index in [0.29, 0.717) is 17.2 Å². The predicted molar refractivity (Wildman–Crippen MR) is 120 cm³/mol. The van der Waals surface area contributed by atoms with Crippen LogP contribution in [0, 0.1) is 27.7 Å². The Morgan fingerprint density at radius 3 is 2.41 bits per heavy atom. The van der Waals surface area contributed by atoms with Gasteiger partial charge in [0.15, 0.2) is 5.13 Å². The lowest BCUT2D eigenvalue weighted by Crippen LogP contribution is -2.30. The van der Waals surface area contributed by atoms with Crippen molar-refractivity contribution in [1.82, 2.24) is 9.97 Å². The normalized spacial score (nSPS) is 11.0. The summed E-state index contributed by atoms with van der Waals surface area (Å²) in [6.07, 6.45) is 3.53. The topological polar surface area (TPSA) is 46.1 Å². The van der Waals surface area contributed by atoms with Crippen molar-refractivity contribution in [2.45, 2.75) is 34.2 Å². The Morgan fingerprint density at radius 1 is 1.00 bits per heavy atom. The van der Waals surface area contributed by atoms with E-state index in [1.165, 1.54) is 11.1 Å². The van der Waals surface area contributed by atoms with Crippen molar-refractivity contribution in [2.24, 2.45) is 0 Å². The van der Waals surface area contributed by atoms with E-state index < -0.39 is 0 Å². The Labute approximate surface area is 174 Å². The number of aryl methyl sites for hydroxylation is 4. The Bertz CT molecular complexity index is 1140. The van der Waals surface area contributed by atoms with Gasteiger partial charge in [0.05, 0.1) is 16.8 Å². The number of pyridine rings is 1. The standard InChI is InChI=1S/C24H23N3OS/c1-15-8-16(2)10-20(9-15)23(28)27(14-19-6-5-7-25-13-19)24-26-21-11-17(3)18(4)12-22(21)29-24/h5-13H,14H2,1-4H3. The fourth-order valence-corrected chi connectivity index (χ4v) is 4.48. The lowest BCUT2D eigenvalue weighted by Gasteiger charge is -2.20. The minimum atomic E-state index is -0.0480. The van der Waals surface area contributed by atoms with Crippen LogP contribution in [-0.2, 0) is 6.54 Å². The second kappa shape index (κ2) is 7.76. The second-order valence-electron chi connectivity index (χ2n) is 7.53. The van der Waals surface area contributed by atoms with E-state index in [4.69, 9.17) is 4.98 Å². The molecule has 0 atom stereocenters. The smallest absolute Gasteiger partial charge is 0.260 e. The molecule has 0 radical (unpaired) electrons. The highest BCUT2D eigenvalue weighted by molar-refractivity contribution is 7.22. The first-order valence-corrected chi connectivity index (χ1v) is 10.4. The summed E-state index contributed by atoms with van der Waals surface area (Å²) in [7, 11) is 0. The number of carbonyl (C=O) groups is 1. The average Bonchev–Trinajstić information content (AvgIpc) is 3.08. The zero-order valence-corrected chi connectivity index (χ0v) is 17.9. The van der Waals surface area contributed by atoms with Crippen molar-refractivity contribution >= 4 is 32.6 Å². The molecule has 1 amide bonds. The van der Waals surface area contributed by atoms with Gasteiger partial charge in [-0.25, -0.2) is 4.98 Å². The number of aromatic nitrogens is 2. The highest BCUT2D eigenvalue weighted by atomic mass is 32.1. The molecular formula is C24H23N3OS. The average molecular weight is 402 g/mol. The van der Waals surface area contributed by atoms with Gasteiger partial charge >= 0.3 is 0 Å². The number of thiazole rings is 1. The Kier molecular flexibility index (Phi) is 5.16. The van der Waals surface area contributed by atoms with Crippen LogP contribution in [0.25, 0.3) is 10.2 Å². The molecule has 0 aliphatic heterocycles. The van der Waals surface area contributed by atoms with E-state index in [1.807, 2.05) is 38.1 Å². The molecule has 0 unspecified atom stereocenters. The molecular weight excluding hydrogens is 378 g/mol. The van der Waals surface area contributed by atoms with Gasteiger partial charge in [-0.1, -0.05) is 34.6 Å². The molecule has 0 aliphatic rings. The molecule has 0 spiro atoms. The molecule has 0 bridgehead atoms. The zero-order chi connectivity index (χ0) is 20.5. The molecule has 0 saturated carbocycles. The summed E-state index contributed by atoms with van der Waals surface area (Å²) in [5.74, 6) is -0.0480. The fourth-order valence-electron chi connectivity index (χ4n) is 3.44. The largest absolute Gasteiger partial charge is 0.279 e. The van der Waals surface area contributed by atoms with Crippen LogP contribution in [0.15, 0.2) is 54.9 Å². The SMILES string of the molecule is Cc1cc(C)cc(C(=O)N(Cc2cccnc2)c2nc3cc(C)c(C)cc3s2)c1. The minimum Gasteiger partial charge on any atom is -0.279 e. The molecule has 2 aromatic heterocycles. The maximum Gasteiger partial charge on any atom is 0.260 e. The fraction of sp³-hybridized carbons (Fsp3) is 0.208. The number of rotatable bonds is 4. The monoisotopic (exact) mass is 401 g/mol. The number of anilines is 1. The first kappa shape index (κ1) is 19.3. The van der Waals surface area contributed by atoms with Crippen LogP contribution in [0.1, 0.15) is 38.2 Å². The third-order valence-electron chi connectivity index (χ3n) is 5.00. The molecule has 29 heavy (non-hydrogen) atoms. The first-order valence-electron chi connectivity index (χ1n) is 9.57. The Balaban J connectivity index is 1.80. The molecule has 0 aliphatic carbocycles. The number of hydrogen-bond acceptors (Lipinski definition) is 4. The number of benzene rings is 2. The Hall–Kier alpha value is -3.05. The van der Waals surface area contributed by atoms with Gasteiger partial charge < -0.3 is 0 Å². The summed E-state index contributed by atoms with van der Waals surface area (Å²) < 4.78 is 1.09. The lowest BCUT2D eigenvalue weighted by atomic mass is 10.1. The summed E-state index contributed by atoms with van der Waals surface area (Å²) >= 11 is 1.55. The van der Waals surface area contributed by atoms with E-state index in [0.717, 1.165) is 26.9 Å². The molecule has 4 aromatic rings. The highest BCUT2D eigenvalue weighted by Crippen LogP contribution is 2.32. The van der Waals surface area contributed by atoms with Gasteiger partial charge in [0.1, 0.15) is 0 Å². The van der Waals surface area contributed by atoms with Gasteiger partial charge in [-0.2, -0.15) is 0 Å². The van der Waals surface area contributed by atoms with E-state index in [2.05, 4.69) is 37.0 Å². The first-order chi connectivity index (χ1) is 13.9. The maximum absolute atomic E-state index is 13.5. The number of fused-ring (bicyclic) bond motifs is 1. The molecule has 2 aromatic carbocycles. The van der Waals surface area contributed by atoms with Crippen LogP contribution in [0.5, 0.6) is 0 Å². The zero-order valence-electron chi connectivity index (χ0n) is 17.1. The quantitative estimate of drug-likeness (QED) is 0.436. The van der Waals surface area contributed by atoms with E-state index in [1.54, 1.807) is 28.6 Å². The summed E-state index contributed by atoms with van der Waals surface area (Å²) in [4.78, 5) is 24.3. The molecule has 4 rings (SSSR count). The number of amides is 1.